The molecule has 1 fully saturated rings. The summed E-state index contributed by atoms with van der Waals surface area (Å²) in [6.07, 6.45) is 0. The Bertz CT molecular complexity index is 1290. The molecule has 1 saturated heterocycles. The van der Waals surface area contributed by atoms with Crippen LogP contribution in [0.25, 0.3) is 5.76 Å². The number of benzene rings is 3. The molecule has 4 rings (SSSR count). The van der Waals surface area contributed by atoms with Crippen LogP contribution in [-0.4, -0.2) is 30.5 Å². The first kappa shape index (κ1) is 23.7. The number of ether oxygens (including phenoxy) is 2. The lowest BCUT2D eigenvalue weighted by Crippen LogP contribution is -2.29. The molecule has 1 atom stereocenters. The largest absolute Gasteiger partial charge is 0.507 e. The second-order valence-electron chi connectivity index (χ2n) is 7.50. The number of hydrogen-bond acceptors (Lipinski definition) is 5. The van der Waals surface area contributed by atoms with E-state index in [2.05, 4.69) is 0 Å². The average molecular weight is 498 g/mol. The first-order valence-electron chi connectivity index (χ1n) is 10.5. The topological polar surface area (TPSA) is 76.1 Å². The van der Waals surface area contributed by atoms with Crippen molar-refractivity contribution in [3.8, 4) is 11.5 Å². The molecule has 1 N–H and O–H groups in total. The summed E-state index contributed by atoms with van der Waals surface area (Å²) in [6, 6.07) is 17.4. The van der Waals surface area contributed by atoms with E-state index in [1.807, 2.05) is 6.92 Å². The van der Waals surface area contributed by atoms with Crippen molar-refractivity contribution in [1.29, 1.82) is 0 Å². The van der Waals surface area contributed by atoms with Crippen LogP contribution in [-0.2, 0) is 9.59 Å². The number of carbonyl (C=O) groups is 2. The number of halogens is 2. The van der Waals surface area contributed by atoms with Gasteiger partial charge in [0.05, 0.1) is 30.9 Å². The Balaban J connectivity index is 1.96. The van der Waals surface area contributed by atoms with Gasteiger partial charge in [0, 0.05) is 21.8 Å². The second-order valence-corrected chi connectivity index (χ2v) is 8.37. The van der Waals surface area contributed by atoms with Gasteiger partial charge in [-0.2, -0.15) is 0 Å². The van der Waals surface area contributed by atoms with E-state index in [4.69, 9.17) is 32.7 Å². The maximum atomic E-state index is 13.3. The van der Waals surface area contributed by atoms with Crippen molar-refractivity contribution in [3.05, 3.63) is 93.5 Å². The van der Waals surface area contributed by atoms with Crippen LogP contribution in [0.3, 0.4) is 0 Å². The zero-order chi connectivity index (χ0) is 24.4. The van der Waals surface area contributed by atoms with Crippen LogP contribution in [0.4, 0.5) is 5.69 Å². The molecule has 0 saturated carbocycles. The highest BCUT2D eigenvalue weighted by Gasteiger charge is 2.47. The Kier molecular flexibility index (Phi) is 6.82. The zero-order valence-electron chi connectivity index (χ0n) is 18.4. The first-order chi connectivity index (χ1) is 16.3. The molecule has 1 heterocycles. The Morgan fingerprint density at radius 1 is 1.00 bits per heavy atom. The van der Waals surface area contributed by atoms with E-state index in [0.717, 1.165) is 0 Å². The second kappa shape index (κ2) is 9.79. The smallest absolute Gasteiger partial charge is 0.300 e. The van der Waals surface area contributed by atoms with Gasteiger partial charge in [0.25, 0.3) is 11.7 Å². The molecule has 1 aliphatic heterocycles. The molecule has 8 heteroatoms. The van der Waals surface area contributed by atoms with E-state index in [1.165, 1.54) is 18.1 Å². The van der Waals surface area contributed by atoms with Crippen molar-refractivity contribution in [2.24, 2.45) is 0 Å². The Morgan fingerprint density at radius 3 is 2.38 bits per heavy atom. The number of methoxy groups -OCH3 is 1. The van der Waals surface area contributed by atoms with Gasteiger partial charge in [-0.25, -0.2) is 0 Å². The number of anilines is 1. The predicted molar refractivity (Wildman–Crippen MR) is 132 cm³/mol. The van der Waals surface area contributed by atoms with Crippen LogP contribution < -0.4 is 14.4 Å². The van der Waals surface area contributed by atoms with Crippen LogP contribution in [0.2, 0.25) is 10.0 Å². The van der Waals surface area contributed by atoms with Crippen molar-refractivity contribution >= 4 is 46.3 Å². The van der Waals surface area contributed by atoms with Gasteiger partial charge in [-0.15, -0.1) is 0 Å². The maximum absolute atomic E-state index is 13.3. The van der Waals surface area contributed by atoms with Gasteiger partial charge in [0.2, 0.25) is 0 Å². The number of ketones is 1. The van der Waals surface area contributed by atoms with Crippen LogP contribution in [0, 0.1) is 0 Å². The standard InChI is InChI=1S/C26H21Cl2NO5/c1-3-34-19-6-4-5-18(14-19)29-23(15-7-9-16(27)10-8-15)22(25(31)26(29)32)24(30)20-13-17(28)11-12-21(20)33-2/h4-14,23,30H,3H2,1-2H3/b24-22+. The average Bonchev–Trinajstić information content (AvgIpc) is 3.10. The molecular weight excluding hydrogens is 477 g/mol. The molecule has 0 spiro atoms. The SMILES string of the molecule is CCOc1cccc(N2C(=O)C(=O)/C(=C(/O)c3cc(Cl)ccc3OC)C2c2ccc(Cl)cc2)c1. The lowest BCUT2D eigenvalue weighted by molar-refractivity contribution is -0.132. The molecule has 0 radical (unpaired) electrons. The van der Waals surface area contributed by atoms with Crippen molar-refractivity contribution in [2.45, 2.75) is 13.0 Å². The Labute approximate surface area is 206 Å². The van der Waals surface area contributed by atoms with Crippen LogP contribution in [0.1, 0.15) is 24.1 Å². The number of aliphatic hydroxyl groups is 1. The first-order valence-corrected chi connectivity index (χ1v) is 11.2. The number of amides is 1. The number of Topliss-reactive ketones (excluding diaryl/α,β-unsaturated/α-hetero) is 1. The monoisotopic (exact) mass is 497 g/mol. The summed E-state index contributed by atoms with van der Waals surface area (Å²) in [5.41, 5.74) is 1.16. The molecule has 0 aliphatic carbocycles. The van der Waals surface area contributed by atoms with Crippen molar-refractivity contribution in [2.75, 3.05) is 18.6 Å². The molecule has 6 nitrogen and oxygen atoms in total. The highest BCUT2D eigenvalue weighted by Crippen LogP contribution is 2.44. The molecule has 3 aromatic carbocycles. The van der Waals surface area contributed by atoms with Gasteiger partial charge in [-0.1, -0.05) is 41.4 Å². The van der Waals surface area contributed by atoms with E-state index >= 15 is 0 Å². The van der Waals surface area contributed by atoms with Gasteiger partial charge in [-0.3, -0.25) is 14.5 Å². The van der Waals surface area contributed by atoms with Crippen molar-refractivity contribution in [3.63, 3.8) is 0 Å². The van der Waals surface area contributed by atoms with Gasteiger partial charge in [-0.05, 0) is 55.0 Å². The van der Waals surface area contributed by atoms with Gasteiger partial charge >= 0.3 is 0 Å². The van der Waals surface area contributed by atoms with Gasteiger partial charge in [0.15, 0.2) is 0 Å². The molecule has 34 heavy (non-hydrogen) atoms. The lowest BCUT2D eigenvalue weighted by atomic mass is 9.95. The summed E-state index contributed by atoms with van der Waals surface area (Å²) in [5.74, 6) is -1.15. The lowest BCUT2D eigenvalue weighted by Gasteiger charge is -2.26. The summed E-state index contributed by atoms with van der Waals surface area (Å²) < 4.78 is 10.9. The van der Waals surface area contributed by atoms with E-state index in [1.54, 1.807) is 60.7 Å². The number of hydrogen-bond donors (Lipinski definition) is 1. The van der Waals surface area contributed by atoms with Crippen molar-refractivity contribution in [1.82, 2.24) is 0 Å². The minimum atomic E-state index is -0.919. The number of rotatable bonds is 6. The third kappa shape index (κ3) is 4.34. The molecule has 0 bridgehead atoms. The van der Waals surface area contributed by atoms with E-state index in [9.17, 15) is 14.7 Å². The number of nitrogens with zero attached hydrogens (tertiary/aromatic N) is 1. The quantitative estimate of drug-likeness (QED) is 0.255. The molecule has 1 aliphatic rings. The van der Waals surface area contributed by atoms with E-state index < -0.39 is 17.7 Å². The minimum absolute atomic E-state index is 0.0882. The van der Waals surface area contributed by atoms with E-state index in [0.29, 0.717) is 39.4 Å². The van der Waals surface area contributed by atoms with E-state index in [-0.39, 0.29) is 16.9 Å². The summed E-state index contributed by atoms with van der Waals surface area (Å²) in [6.45, 7) is 2.29. The van der Waals surface area contributed by atoms with Crippen LogP contribution in [0.5, 0.6) is 11.5 Å². The van der Waals surface area contributed by atoms with Gasteiger partial charge < -0.3 is 14.6 Å². The molecular formula is C26H21Cl2NO5. The molecule has 174 valence electrons. The summed E-state index contributed by atoms with van der Waals surface area (Å²) >= 11 is 12.2. The number of aliphatic hydroxyl groups excluding tert-OH is 1. The summed E-state index contributed by atoms with van der Waals surface area (Å²) in [5, 5.41) is 12.2. The molecule has 1 amide bonds. The molecule has 0 aromatic heterocycles. The maximum Gasteiger partial charge on any atom is 0.300 e. The van der Waals surface area contributed by atoms with Crippen LogP contribution in [0.15, 0.2) is 72.3 Å². The van der Waals surface area contributed by atoms with Gasteiger partial charge in [0.1, 0.15) is 17.3 Å². The minimum Gasteiger partial charge on any atom is -0.507 e. The highest BCUT2D eigenvalue weighted by molar-refractivity contribution is 6.51. The Hall–Kier alpha value is -3.48. The summed E-state index contributed by atoms with van der Waals surface area (Å²) in [7, 11) is 1.44. The fourth-order valence-electron chi connectivity index (χ4n) is 3.96. The number of carbonyl (C=O) groups excluding carboxylic acids is 2. The highest BCUT2D eigenvalue weighted by atomic mass is 35.5. The normalized spacial score (nSPS) is 17.2. The summed E-state index contributed by atoms with van der Waals surface area (Å²) in [4.78, 5) is 28.0. The third-order valence-electron chi connectivity index (χ3n) is 5.45. The molecule has 3 aromatic rings. The third-order valence-corrected chi connectivity index (χ3v) is 5.94. The predicted octanol–water partition coefficient (Wildman–Crippen LogP) is 6.03. The Morgan fingerprint density at radius 2 is 1.71 bits per heavy atom. The fourth-order valence-corrected chi connectivity index (χ4v) is 4.26. The van der Waals surface area contributed by atoms with Crippen molar-refractivity contribution < 1.29 is 24.2 Å². The fraction of sp³-hybridized carbons (Fsp3) is 0.154. The molecule has 1 unspecified atom stereocenters. The zero-order valence-corrected chi connectivity index (χ0v) is 19.9. The van der Waals surface area contributed by atoms with Crippen LogP contribution >= 0.6 is 23.2 Å².